The molecule has 0 aliphatic rings. The van der Waals surface area contributed by atoms with Crippen molar-refractivity contribution in [3.8, 4) is 0 Å². The lowest BCUT2D eigenvalue weighted by atomic mass is 9.87. The van der Waals surface area contributed by atoms with Crippen LogP contribution in [0.25, 0.3) is 0 Å². The molecule has 0 aromatic heterocycles. The topological polar surface area (TPSA) is 37.3 Å². The Morgan fingerprint density at radius 2 is 1.70 bits per heavy atom. The lowest BCUT2D eigenvalue weighted by Gasteiger charge is -2.18. The summed E-state index contributed by atoms with van der Waals surface area (Å²) in [5, 5.41) is 8.82. The minimum absolute atomic E-state index is 0.0730. The first-order chi connectivity index (χ1) is 9.58. The van der Waals surface area contributed by atoms with Gasteiger partial charge in [-0.05, 0) is 35.7 Å². The third-order valence-corrected chi connectivity index (χ3v) is 3.20. The third-order valence-electron chi connectivity index (χ3n) is 3.20. The molecule has 104 valence electrons. The SMILES string of the molecule is O=C(O)CCC(c1ccc(F)cc1)c1ccccc1F. The van der Waals surface area contributed by atoms with Crippen molar-refractivity contribution in [1.29, 1.82) is 0 Å². The van der Waals surface area contributed by atoms with Gasteiger partial charge in [0.1, 0.15) is 11.6 Å². The fourth-order valence-corrected chi connectivity index (χ4v) is 2.22. The molecule has 0 saturated heterocycles. The molecule has 0 bridgehead atoms. The van der Waals surface area contributed by atoms with Crippen LogP contribution in [-0.2, 0) is 4.79 Å². The molecule has 0 fully saturated rings. The zero-order valence-corrected chi connectivity index (χ0v) is 10.7. The number of hydrogen-bond acceptors (Lipinski definition) is 1. The molecular formula is C16H14F2O2. The van der Waals surface area contributed by atoms with Gasteiger partial charge in [-0.15, -0.1) is 0 Å². The monoisotopic (exact) mass is 276 g/mol. The van der Waals surface area contributed by atoms with Gasteiger partial charge in [-0.3, -0.25) is 4.79 Å². The summed E-state index contributed by atoms with van der Waals surface area (Å²) >= 11 is 0. The predicted octanol–water partition coefficient (Wildman–Crippen LogP) is 3.96. The lowest BCUT2D eigenvalue weighted by molar-refractivity contribution is -0.137. The smallest absolute Gasteiger partial charge is 0.303 e. The summed E-state index contributed by atoms with van der Waals surface area (Å²) in [7, 11) is 0. The van der Waals surface area contributed by atoms with Crippen LogP contribution in [0.5, 0.6) is 0 Å². The Morgan fingerprint density at radius 3 is 2.30 bits per heavy atom. The molecule has 4 heteroatoms. The van der Waals surface area contributed by atoms with Crippen LogP contribution >= 0.6 is 0 Å². The van der Waals surface area contributed by atoms with Crippen molar-refractivity contribution >= 4 is 5.97 Å². The average Bonchev–Trinajstić information content (AvgIpc) is 2.42. The van der Waals surface area contributed by atoms with Crippen molar-refractivity contribution in [3.05, 3.63) is 71.3 Å². The summed E-state index contributed by atoms with van der Waals surface area (Å²) in [4.78, 5) is 10.8. The van der Waals surface area contributed by atoms with Crippen molar-refractivity contribution in [2.45, 2.75) is 18.8 Å². The Hall–Kier alpha value is -2.23. The van der Waals surface area contributed by atoms with Crippen molar-refractivity contribution in [2.24, 2.45) is 0 Å². The molecule has 0 aliphatic heterocycles. The van der Waals surface area contributed by atoms with Crippen LogP contribution in [0.3, 0.4) is 0 Å². The molecule has 1 unspecified atom stereocenters. The molecular weight excluding hydrogens is 262 g/mol. The Balaban J connectivity index is 2.36. The molecule has 1 N–H and O–H groups in total. The number of hydrogen-bond donors (Lipinski definition) is 1. The molecule has 1 atom stereocenters. The highest BCUT2D eigenvalue weighted by molar-refractivity contribution is 5.66. The maximum atomic E-state index is 13.9. The first-order valence-electron chi connectivity index (χ1n) is 6.29. The number of carboxylic acids is 1. The van der Waals surface area contributed by atoms with E-state index in [1.165, 1.54) is 18.2 Å². The van der Waals surface area contributed by atoms with Gasteiger partial charge in [0, 0.05) is 12.3 Å². The molecule has 2 aromatic rings. The van der Waals surface area contributed by atoms with E-state index in [2.05, 4.69) is 0 Å². The second-order valence-corrected chi connectivity index (χ2v) is 4.56. The van der Waals surface area contributed by atoms with E-state index in [0.717, 1.165) is 0 Å². The molecule has 0 radical (unpaired) electrons. The van der Waals surface area contributed by atoms with E-state index >= 15 is 0 Å². The molecule has 0 aliphatic carbocycles. The number of carbonyl (C=O) groups is 1. The molecule has 2 nitrogen and oxygen atoms in total. The molecule has 0 saturated carbocycles. The quantitative estimate of drug-likeness (QED) is 0.897. The molecule has 2 rings (SSSR count). The van der Waals surface area contributed by atoms with Crippen LogP contribution in [-0.4, -0.2) is 11.1 Å². The molecule has 0 spiro atoms. The molecule has 0 heterocycles. The van der Waals surface area contributed by atoms with Gasteiger partial charge >= 0.3 is 5.97 Å². The third kappa shape index (κ3) is 3.41. The average molecular weight is 276 g/mol. The summed E-state index contributed by atoms with van der Waals surface area (Å²) in [6, 6.07) is 12.0. The van der Waals surface area contributed by atoms with Gasteiger partial charge < -0.3 is 5.11 Å². The summed E-state index contributed by atoms with van der Waals surface area (Å²) in [5.41, 5.74) is 1.14. The van der Waals surface area contributed by atoms with E-state index < -0.39 is 11.9 Å². The molecule has 0 amide bonds. The first kappa shape index (κ1) is 14.2. The van der Waals surface area contributed by atoms with Gasteiger partial charge in [-0.2, -0.15) is 0 Å². The van der Waals surface area contributed by atoms with Gasteiger partial charge in [0.15, 0.2) is 0 Å². The van der Waals surface area contributed by atoms with E-state index in [0.29, 0.717) is 11.1 Å². The normalized spacial score (nSPS) is 12.1. The van der Waals surface area contributed by atoms with Gasteiger partial charge in [0.05, 0.1) is 0 Å². The number of aliphatic carboxylic acids is 1. The minimum atomic E-state index is -0.937. The Bertz CT molecular complexity index is 594. The van der Waals surface area contributed by atoms with Crippen molar-refractivity contribution in [1.82, 2.24) is 0 Å². The predicted molar refractivity (Wildman–Crippen MR) is 71.5 cm³/mol. The van der Waals surface area contributed by atoms with Crippen LogP contribution in [0.1, 0.15) is 29.9 Å². The van der Waals surface area contributed by atoms with Crippen LogP contribution < -0.4 is 0 Å². The lowest BCUT2D eigenvalue weighted by Crippen LogP contribution is -2.07. The summed E-state index contributed by atoms with van der Waals surface area (Å²) in [6.45, 7) is 0. The van der Waals surface area contributed by atoms with Crippen LogP contribution in [0, 0.1) is 11.6 Å². The summed E-state index contributed by atoms with van der Waals surface area (Å²) in [6.07, 6.45) is 0.193. The van der Waals surface area contributed by atoms with Crippen molar-refractivity contribution in [2.75, 3.05) is 0 Å². The van der Waals surface area contributed by atoms with Crippen LogP contribution in [0.4, 0.5) is 8.78 Å². The minimum Gasteiger partial charge on any atom is -0.481 e. The Labute approximate surface area is 115 Å². The number of benzene rings is 2. The van der Waals surface area contributed by atoms with E-state index in [1.54, 1.807) is 30.3 Å². The van der Waals surface area contributed by atoms with Gasteiger partial charge in [-0.25, -0.2) is 8.78 Å². The standard InChI is InChI=1S/C16H14F2O2/c17-12-7-5-11(6-8-12)13(9-10-16(19)20)14-3-1-2-4-15(14)18/h1-8,13H,9-10H2,(H,19,20). The number of rotatable bonds is 5. The largest absolute Gasteiger partial charge is 0.481 e. The molecule has 2 aromatic carbocycles. The summed E-state index contributed by atoms with van der Waals surface area (Å²) < 4.78 is 26.9. The zero-order chi connectivity index (χ0) is 14.5. The zero-order valence-electron chi connectivity index (χ0n) is 10.7. The van der Waals surface area contributed by atoms with E-state index in [1.807, 2.05) is 0 Å². The molecule has 20 heavy (non-hydrogen) atoms. The van der Waals surface area contributed by atoms with Gasteiger partial charge in [0.2, 0.25) is 0 Å². The van der Waals surface area contributed by atoms with Gasteiger partial charge in [-0.1, -0.05) is 30.3 Å². The van der Waals surface area contributed by atoms with Crippen molar-refractivity contribution < 1.29 is 18.7 Å². The van der Waals surface area contributed by atoms with Crippen molar-refractivity contribution in [3.63, 3.8) is 0 Å². The maximum absolute atomic E-state index is 13.9. The van der Waals surface area contributed by atoms with E-state index in [9.17, 15) is 13.6 Å². The maximum Gasteiger partial charge on any atom is 0.303 e. The number of carboxylic acid groups (broad SMARTS) is 1. The highest BCUT2D eigenvalue weighted by Gasteiger charge is 2.18. The second kappa shape index (κ2) is 6.28. The highest BCUT2D eigenvalue weighted by atomic mass is 19.1. The Morgan fingerprint density at radius 1 is 1.05 bits per heavy atom. The highest BCUT2D eigenvalue weighted by Crippen LogP contribution is 2.31. The van der Waals surface area contributed by atoms with E-state index in [4.69, 9.17) is 5.11 Å². The Kier molecular flexibility index (Phi) is 4.45. The van der Waals surface area contributed by atoms with Crippen LogP contribution in [0.15, 0.2) is 48.5 Å². The summed E-state index contributed by atoms with van der Waals surface area (Å²) in [5.74, 6) is -2.09. The fourth-order valence-electron chi connectivity index (χ4n) is 2.22. The van der Waals surface area contributed by atoms with E-state index in [-0.39, 0.29) is 24.5 Å². The number of halogens is 2. The first-order valence-corrected chi connectivity index (χ1v) is 6.29. The second-order valence-electron chi connectivity index (χ2n) is 4.56. The fraction of sp³-hybridized carbons (Fsp3) is 0.188. The van der Waals surface area contributed by atoms with Gasteiger partial charge in [0.25, 0.3) is 0 Å². The van der Waals surface area contributed by atoms with Crippen LogP contribution in [0.2, 0.25) is 0 Å².